The summed E-state index contributed by atoms with van der Waals surface area (Å²) in [4.78, 5) is 22.9. The zero-order valence-corrected chi connectivity index (χ0v) is 10.5. The van der Waals surface area contributed by atoms with Crippen molar-refractivity contribution in [3.05, 3.63) is 0 Å². The van der Waals surface area contributed by atoms with E-state index in [1.54, 1.807) is 13.8 Å². The Morgan fingerprint density at radius 3 is 2.38 bits per heavy atom. The van der Waals surface area contributed by atoms with E-state index in [0.717, 1.165) is 12.8 Å². The van der Waals surface area contributed by atoms with Crippen LogP contribution in [-0.4, -0.2) is 22.5 Å². The summed E-state index contributed by atoms with van der Waals surface area (Å²) >= 11 is 0. The van der Waals surface area contributed by atoms with Crippen molar-refractivity contribution in [3.63, 3.8) is 0 Å². The molecule has 1 aliphatic rings. The molecule has 92 valence electrons. The van der Waals surface area contributed by atoms with Crippen LogP contribution in [0.15, 0.2) is 0 Å². The van der Waals surface area contributed by atoms with Crippen LogP contribution in [0.3, 0.4) is 0 Å². The van der Waals surface area contributed by atoms with Crippen molar-refractivity contribution in [1.82, 2.24) is 5.32 Å². The highest BCUT2D eigenvalue weighted by Gasteiger charge is 2.54. The van der Waals surface area contributed by atoms with Gasteiger partial charge in [0.25, 0.3) is 0 Å². The van der Waals surface area contributed by atoms with Crippen molar-refractivity contribution in [3.8, 4) is 0 Å². The number of amides is 1. The second-order valence-corrected chi connectivity index (χ2v) is 5.24. The molecule has 0 spiro atoms. The van der Waals surface area contributed by atoms with Crippen molar-refractivity contribution in [2.75, 3.05) is 0 Å². The number of aliphatic carboxylic acids is 1. The van der Waals surface area contributed by atoms with Crippen LogP contribution in [0.5, 0.6) is 0 Å². The summed E-state index contributed by atoms with van der Waals surface area (Å²) in [5.41, 5.74) is -1.05. The molecule has 16 heavy (non-hydrogen) atoms. The summed E-state index contributed by atoms with van der Waals surface area (Å²) in [5.74, 6) is -1.10. The van der Waals surface area contributed by atoms with Gasteiger partial charge in [0.2, 0.25) is 5.91 Å². The Hall–Kier alpha value is -1.06. The van der Waals surface area contributed by atoms with Crippen LogP contribution in [0.4, 0.5) is 0 Å². The van der Waals surface area contributed by atoms with E-state index >= 15 is 0 Å². The van der Waals surface area contributed by atoms with Crippen molar-refractivity contribution < 1.29 is 14.7 Å². The molecular formula is C12H21NO3. The number of hydrogen-bond acceptors (Lipinski definition) is 2. The van der Waals surface area contributed by atoms with Crippen LogP contribution >= 0.6 is 0 Å². The van der Waals surface area contributed by atoms with E-state index in [1.807, 2.05) is 0 Å². The molecule has 0 heterocycles. The highest BCUT2D eigenvalue weighted by Crippen LogP contribution is 2.54. The molecule has 1 rings (SSSR count). The van der Waals surface area contributed by atoms with Gasteiger partial charge in [0, 0.05) is 5.92 Å². The fourth-order valence-corrected chi connectivity index (χ4v) is 1.86. The molecule has 2 N–H and O–H groups in total. The van der Waals surface area contributed by atoms with Crippen LogP contribution in [0.2, 0.25) is 0 Å². The van der Waals surface area contributed by atoms with Gasteiger partial charge in [-0.2, -0.15) is 0 Å². The fourth-order valence-electron chi connectivity index (χ4n) is 1.86. The molecule has 1 aliphatic carbocycles. The fraction of sp³-hybridized carbons (Fsp3) is 0.833. The van der Waals surface area contributed by atoms with E-state index in [4.69, 9.17) is 5.11 Å². The quantitative estimate of drug-likeness (QED) is 0.752. The lowest BCUT2D eigenvalue weighted by atomic mass is 9.97. The van der Waals surface area contributed by atoms with Gasteiger partial charge in [-0.15, -0.1) is 0 Å². The Bertz CT molecular complexity index is 315. The van der Waals surface area contributed by atoms with E-state index < -0.39 is 11.5 Å². The molecule has 4 nitrogen and oxygen atoms in total. The molecule has 3 atom stereocenters. The second-order valence-electron chi connectivity index (χ2n) is 5.24. The second kappa shape index (κ2) is 4.07. The van der Waals surface area contributed by atoms with Gasteiger partial charge < -0.3 is 10.4 Å². The van der Waals surface area contributed by atoms with Crippen LogP contribution in [0.1, 0.15) is 47.0 Å². The monoisotopic (exact) mass is 227 g/mol. The summed E-state index contributed by atoms with van der Waals surface area (Å²) in [7, 11) is 0. The third-order valence-corrected chi connectivity index (χ3v) is 4.05. The normalized spacial score (nSPS) is 31.6. The van der Waals surface area contributed by atoms with Crippen molar-refractivity contribution in [2.45, 2.75) is 52.5 Å². The lowest BCUT2D eigenvalue weighted by molar-refractivity contribution is -0.147. The topological polar surface area (TPSA) is 66.4 Å². The molecule has 0 aliphatic heterocycles. The summed E-state index contributed by atoms with van der Waals surface area (Å²) in [6, 6.07) is 0. The molecule has 4 heteroatoms. The van der Waals surface area contributed by atoms with Crippen molar-refractivity contribution in [2.24, 2.45) is 11.3 Å². The number of carbonyl (C=O) groups is 2. The maximum Gasteiger partial charge on any atom is 0.329 e. The van der Waals surface area contributed by atoms with Crippen molar-refractivity contribution in [1.29, 1.82) is 0 Å². The largest absolute Gasteiger partial charge is 0.480 e. The highest BCUT2D eigenvalue weighted by molar-refractivity contribution is 5.89. The lowest BCUT2D eigenvalue weighted by Gasteiger charge is -2.25. The summed E-state index contributed by atoms with van der Waals surface area (Å²) in [5, 5.41) is 11.7. The molecule has 0 aromatic heterocycles. The lowest BCUT2D eigenvalue weighted by Crippen LogP contribution is -2.52. The molecule has 3 unspecified atom stereocenters. The first-order chi connectivity index (χ1) is 7.29. The highest BCUT2D eigenvalue weighted by atomic mass is 16.4. The van der Waals surface area contributed by atoms with Gasteiger partial charge in [-0.25, -0.2) is 4.79 Å². The van der Waals surface area contributed by atoms with E-state index in [2.05, 4.69) is 19.2 Å². The molecule has 1 amide bonds. The number of rotatable bonds is 5. The average molecular weight is 227 g/mol. The van der Waals surface area contributed by atoms with E-state index in [-0.39, 0.29) is 17.2 Å². The van der Waals surface area contributed by atoms with Gasteiger partial charge in [-0.05, 0) is 31.6 Å². The summed E-state index contributed by atoms with van der Waals surface area (Å²) in [6.45, 7) is 7.45. The Morgan fingerprint density at radius 2 is 2.06 bits per heavy atom. The van der Waals surface area contributed by atoms with Gasteiger partial charge >= 0.3 is 5.97 Å². The molecule has 1 fully saturated rings. The molecule has 0 aromatic carbocycles. The standard InChI is InChI=1S/C12H21NO3/c1-5-11(3)7-8(11)9(14)13-12(4,6-2)10(15)16/h8H,5-7H2,1-4H3,(H,13,14)(H,15,16). The first kappa shape index (κ1) is 13.0. The SMILES string of the molecule is CCC(C)(NC(=O)C1CC1(C)CC)C(=O)O. The van der Waals surface area contributed by atoms with Crippen LogP contribution in [0.25, 0.3) is 0 Å². The van der Waals surface area contributed by atoms with E-state index in [0.29, 0.717) is 6.42 Å². The third-order valence-electron chi connectivity index (χ3n) is 4.05. The Balaban J connectivity index is 2.62. The van der Waals surface area contributed by atoms with Gasteiger partial charge in [0.15, 0.2) is 0 Å². The number of carbonyl (C=O) groups excluding carboxylic acids is 1. The number of carboxylic acid groups (broad SMARTS) is 1. The Kier molecular flexibility index (Phi) is 3.31. The molecular weight excluding hydrogens is 206 g/mol. The van der Waals surface area contributed by atoms with E-state index in [9.17, 15) is 9.59 Å². The van der Waals surface area contributed by atoms with E-state index in [1.165, 1.54) is 0 Å². The van der Waals surface area contributed by atoms with Gasteiger partial charge in [0.05, 0.1) is 0 Å². The summed E-state index contributed by atoms with van der Waals surface area (Å²) < 4.78 is 0. The average Bonchev–Trinajstić information content (AvgIpc) is 2.91. The zero-order chi connectivity index (χ0) is 12.6. The minimum Gasteiger partial charge on any atom is -0.480 e. The maximum atomic E-state index is 11.9. The molecule has 0 saturated heterocycles. The van der Waals surface area contributed by atoms with Crippen molar-refractivity contribution >= 4 is 11.9 Å². The van der Waals surface area contributed by atoms with Gasteiger partial charge in [-0.1, -0.05) is 20.8 Å². The minimum atomic E-state index is -1.13. The number of hydrogen-bond donors (Lipinski definition) is 2. The molecule has 0 aromatic rings. The first-order valence-corrected chi connectivity index (χ1v) is 5.84. The van der Waals surface area contributed by atoms with Crippen LogP contribution < -0.4 is 5.32 Å². The Morgan fingerprint density at radius 1 is 1.50 bits per heavy atom. The molecule has 0 bridgehead atoms. The maximum absolute atomic E-state index is 11.9. The number of carboxylic acids is 1. The number of nitrogens with one attached hydrogen (secondary N) is 1. The summed E-state index contributed by atoms with van der Waals surface area (Å²) in [6.07, 6.45) is 2.22. The molecule has 1 saturated carbocycles. The predicted octanol–water partition coefficient (Wildman–Crippen LogP) is 1.79. The predicted molar refractivity (Wildman–Crippen MR) is 61.0 cm³/mol. The van der Waals surface area contributed by atoms with Gasteiger partial charge in [-0.3, -0.25) is 4.79 Å². The smallest absolute Gasteiger partial charge is 0.329 e. The minimum absolute atomic E-state index is 0.0114. The Labute approximate surface area is 96.4 Å². The van der Waals surface area contributed by atoms with Crippen LogP contribution in [-0.2, 0) is 9.59 Å². The third kappa shape index (κ3) is 2.20. The first-order valence-electron chi connectivity index (χ1n) is 5.84. The zero-order valence-electron chi connectivity index (χ0n) is 10.5. The van der Waals surface area contributed by atoms with Gasteiger partial charge in [0.1, 0.15) is 5.54 Å². The van der Waals surface area contributed by atoms with Crippen LogP contribution in [0, 0.1) is 11.3 Å². The molecule has 0 radical (unpaired) electrons.